The minimum absolute atomic E-state index is 0.163. The lowest BCUT2D eigenvalue weighted by molar-refractivity contribution is -0.144. The summed E-state index contributed by atoms with van der Waals surface area (Å²) in [6.07, 6.45) is 5.56. The van der Waals surface area contributed by atoms with Gasteiger partial charge in [0.25, 0.3) is 0 Å². The maximum Gasteiger partial charge on any atom is 0.308 e. The summed E-state index contributed by atoms with van der Waals surface area (Å²) >= 11 is 3.63. The fourth-order valence-electron chi connectivity index (χ4n) is 4.90. The molecule has 0 heterocycles. The van der Waals surface area contributed by atoms with Gasteiger partial charge in [-0.15, -0.1) is 0 Å². The Morgan fingerprint density at radius 2 is 2.05 bits per heavy atom. The summed E-state index contributed by atoms with van der Waals surface area (Å²) < 4.78 is 1.19. The summed E-state index contributed by atoms with van der Waals surface area (Å²) in [4.78, 5) is 11.6. The maximum absolute atomic E-state index is 11.6. The molecule has 3 nitrogen and oxygen atoms in total. The molecule has 5 atom stereocenters. The highest BCUT2D eigenvalue weighted by molar-refractivity contribution is 9.10. The van der Waals surface area contributed by atoms with E-state index in [1.807, 2.05) is 0 Å². The van der Waals surface area contributed by atoms with Crippen molar-refractivity contribution in [3.8, 4) is 0 Å². The standard InChI is InChI=1S/C17H20BrNO2/c18-13-3-1-2-12-11(13)6-7-14(12)19-16-10-5-4-9(8-10)15(16)17(20)21/h1-3,9-10,14-16,19H,4-8H2,(H,20,21). The fraction of sp³-hybridized carbons (Fsp3) is 0.588. The Bertz CT molecular complexity index is 588. The Kier molecular flexibility index (Phi) is 3.34. The Morgan fingerprint density at radius 1 is 1.24 bits per heavy atom. The Hall–Kier alpha value is -0.870. The third-order valence-corrected chi connectivity index (χ3v) is 6.55. The lowest BCUT2D eigenvalue weighted by atomic mass is 9.84. The van der Waals surface area contributed by atoms with Crippen molar-refractivity contribution < 1.29 is 9.90 Å². The van der Waals surface area contributed by atoms with E-state index in [9.17, 15) is 9.90 Å². The SMILES string of the molecule is O=C(O)C1C2CCC(C2)C1NC1CCc2c(Br)cccc21. The molecule has 0 amide bonds. The molecule has 1 aromatic rings. The summed E-state index contributed by atoms with van der Waals surface area (Å²) in [5, 5.41) is 13.3. The van der Waals surface area contributed by atoms with Crippen LogP contribution in [0.25, 0.3) is 0 Å². The number of rotatable bonds is 3. The van der Waals surface area contributed by atoms with Crippen LogP contribution in [-0.4, -0.2) is 17.1 Å². The smallest absolute Gasteiger partial charge is 0.308 e. The van der Waals surface area contributed by atoms with Crippen molar-refractivity contribution in [1.29, 1.82) is 0 Å². The number of fused-ring (bicyclic) bond motifs is 3. The number of carboxylic acids is 1. The van der Waals surface area contributed by atoms with Gasteiger partial charge < -0.3 is 10.4 Å². The monoisotopic (exact) mass is 349 g/mol. The Labute approximate surface area is 133 Å². The van der Waals surface area contributed by atoms with Crippen LogP contribution in [-0.2, 0) is 11.2 Å². The van der Waals surface area contributed by atoms with Crippen LogP contribution in [0.15, 0.2) is 22.7 Å². The van der Waals surface area contributed by atoms with Gasteiger partial charge in [0, 0.05) is 16.6 Å². The first-order chi connectivity index (χ1) is 10.1. The highest BCUT2D eigenvalue weighted by Crippen LogP contribution is 2.50. The summed E-state index contributed by atoms with van der Waals surface area (Å²) in [6.45, 7) is 0. The zero-order chi connectivity index (χ0) is 14.6. The van der Waals surface area contributed by atoms with Crippen LogP contribution in [0.1, 0.15) is 42.9 Å². The van der Waals surface area contributed by atoms with Crippen LogP contribution in [0.5, 0.6) is 0 Å². The van der Waals surface area contributed by atoms with E-state index in [2.05, 4.69) is 39.4 Å². The zero-order valence-electron chi connectivity index (χ0n) is 11.9. The number of halogens is 1. The van der Waals surface area contributed by atoms with Gasteiger partial charge in [0.05, 0.1) is 5.92 Å². The van der Waals surface area contributed by atoms with Crippen molar-refractivity contribution in [2.75, 3.05) is 0 Å². The van der Waals surface area contributed by atoms with Crippen LogP contribution >= 0.6 is 15.9 Å². The van der Waals surface area contributed by atoms with Crippen molar-refractivity contribution in [3.05, 3.63) is 33.8 Å². The molecule has 2 N–H and O–H groups in total. The molecule has 5 unspecified atom stereocenters. The number of hydrogen-bond donors (Lipinski definition) is 2. The van der Waals surface area contributed by atoms with Crippen LogP contribution in [0.3, 0.4) is 0 Å². The first-order valence-electron chi connectivity index (χ1n) is 7.91. The molecule has 2 saturated carbocycles. The Morgan fingerprint density at radius 3 is 2.86 bits per heavy atom. The van der Waals surface area contributed by atoms with Gasteiger partial charge in [-0.1, -0.05) is 28.1 Å². The van der Waals surface area contributed by atoms with E-state index in [1.165, 1.54) is 22.0 Å². The van der Waals surface area contributed by atoms with Crippen molar-refractivity contribution in [2.24, 2.45) is 17.8 Å². The van der Waals surface area contributed by atoms with Crippen LogP contribution in [0.2, 0.25) is 0 Å². The molecule has 21 heavy (non-hydrogen) atoms. The topological polar surface area (TPSA) is 49.3 Å². The molecule has 4 heteroatoms. The molecule has 2 fully saturated rings. The lowest BCUT2D eigenvalue weighted by Gasteiger charge is -2.32. The summed E-state index contributed by atoms with van der Waals surface area (Å²) in [5.41, 5.74) is 2.75. The van der Waals surface area contributed by atoms with Crippen molar-refractivity contribution >= 4 is 21.9 Å². The van der Waals surface area contributed by atoms with E-state index in [-0.39, 0.29) is 12.0 Å². The lowest BCUT2D eigenvalue weighted by Crippen LogP contribution is -2.45. The van der Waals surface area contributed by atoms with Crippen molar-refractivity contribution in [2.45, 2.75) is 44.2 Å². The molecule has 4 rings (SSSR count). The van der Waals surface area contributed by atoms with E-state index in [0.717, 1.165) is 25.7 Å². The van der Waals surface area contributed by atoms with E-state index in [4.69, 9.17) is 0 Å². The highest BCUT2D eigenvalue weighted by atomic mass is 79.9. The number of aliphatic carboxylic acids is 1. The van der Waals surface area contributed by atoms with Gasteiger partial charge >= 0.3 is 5.97 Å². The third-order valence-electron chi connectivity index (χ3n) is 5.81. The van der Waals surface area contributed by atoms with Crippen LogP contribution in [0, 0.1) is 17.8 Å². The van der Waals surface area contributed by atoms with Gasteiger partial charge in [-0.3, -0.25) is 4.79 Å². The van der Waals surface area contributed by atoms with Gasteiger partial charge in [0.2, 0.25) is 0 Å². The second-order valence-electron chi connectivity index (χ2n) is 6.79. The zero-order valence-corrected chi connectivity index (χ0v) is 13.5. The van der Waals surface area contributed by atoms with E-state index >= 15 is 0 Å². The number of benzene rings is 1. The van der Waals surface area contributed by atoms with Crippen LogP contribution in [0.4, 0.5) is 0 Å². The molecule has 3 aliphatic rings. The average Bonchev–Trinajstić information content (AvgIpc) is 3.14. The fourth-order valence-corrected chi connectivity index (χ4v) is 5.48. The second-order valence-corrected chi connectivity index (χ2v) is 7.64. The van der Waals surface area contributed by atoms with Crippen LogP contribution < -0.4 is 5.32 Å². The average molecular weight is 350 g/mol. The number of carbonyl (C=O) groups is 1. The number of nitrogens with one attached hydrogen (secondary N) is 1. The molecule has 3 aliphatic carbocycles. The predicted octanol–water partition coefficient (Wildman–Crippen LogP) is 3.53. The third kappa shape index (κ3) is 2.15. The Balaban J connectivity index is 1.58. The minimum Gasteiger partial charge on any atom is -0.481 e. The normalized spacial score (nSPS) is 36.9. The first kappa shape index (κ1) is 13.8. The predicted molar refractivity (Wildman–Crippen MR) is 84.1 cm³/mol. The van der Waals surface area contributed by atoms with E-state index in [1.54, 1.807) is 0 Å². The van der Waals surface area contributed by atoms with Gasteiger partial charge in [-0.2, -0.15) is 0 Å². The quantitative estimate of drug-likeness (QED) is 0.877. The molecule has 112 valence electrons. The summed E-state index contributed by atoms with van der Waals surface area (Å²) in [7, 11) is 0. The van der Waals surface area contributed by atoms with Gasteiger partial charge in [0.1, 0.15) is 0 Å². The summed E-state index contributed by atoms with van der Waals surface area (Å²) in [5.74, 6) is 0.174. The molecular formula is C17H20BrNO2. The molecular weight excluding hydrogens is 330 g/mol. The van der Waals surface area contributed by atoms with Crippen molar-refractivity contribution in [1.82, 2.24) is 5.32 Å². The number of hydrogen-bond acceptors (Lipinski definition) is 2. The maximum atomic E-state index is 11.6. The van der Waals surface area contributed by atoms with Gasteiger partial charge in [-0.05, 0) is 61.1 Å². The molecule has 1 aromatic carbocycles. The molecule has 2 bridgehead atoms. The minimum atomic E-state index is -0.604. The molecule has 0 saturated heterocycles. The van der Waals surface area contributed by atoms with Gasteiger partial charge in [-0.25, -0.2) is 0 Å². The molecule has 0 spiro atoms. The van der Waals surface area contributed by atoms with Gasteiger partial charge in [0.15, 0.2) is 0 Å². The number of carboxylic acid groups (broad SMARTS) is 1. The summed E-state index contributed by atoms with van der Waals surface area (Å²) in [6, 6.07) is 6.85. The largest absolute Gasteiger partial charge is 0.481 e. The van der Waals surface area contributed by atoms with Crippen molar-refractivity contribution in [3.63, 3.8) is 0 Å². The highest BCUT2D eigenvalue weighted by Gasteiger charge is 2.51. The molecule has 0 aromatic heterocycles. The van der Waals surface area contributed by atoms with E-state index in [0.29, 0.717) is 17.9 Å². The first-order valence-corrected chi connectivity index (χ1v) is 8.70. The molecule has 0 aliphatic heterocycles. The molecule has 0 radical (unpaired) electrons. The second kappa shape index (κ2) is 5.10. The van der Waals surface area contributed by atoms with E-state index < -0.39 is 5.97 Å².